The summed E-state index contributed by atoms with van der Waals surface area (Å²) >= 11 is 7.56. The van der Waals surface area contributed by atoms with E-state index in [9.17, 15) is 0 Å². The Kier molecular flexibility index (Phi) is 2.46. The molecule has 3 heteroatoms. The lowest BCUT2D eigenvalue weighted by Crippen LogP contribution is -2.11. The average Bonchev–Trinajstić information content (AvgIpc) is 2.31. The van der Waals surface area contributed by atoms with Crippen LogP contribution in [0.5, 0.6) is 0 Å². The molecule has 0 spiro atoms. The van der Waals surface area contributed by atoms with Gasteiger partial charge in [0.25, 0.3) is 0 Å². The second-order valence-electron chi connectivity index (χ2n) is 3.27. The van der Waals surface area contributed by atoms with Crippen molar-refractivity contribution in [2.45, 2.75) is 26.2 Å². The van der Waals surface area contributed by atoms with Crippen LogP contribution < -0.4 is 0 Å². The minimum absolute atomic E-state index is 0.462. The molecule has 1 nitrogen and oxygen atoms in total. The van der Waals surface area contributed by atoms with Crippen molar-refractivity contribution in [2.75, 3.05) is 0 Å². The van der Waals surface area contributed by atoms with Crippen LogP contribution in [-0.4, -0.2) is 0 Å². The molecule has 0 aliphatic heterocycles. The first kappa shape index (κ1) is 9.57. The fourth-order valence-corrected chi connectivity index (χ4v) is 2.50. The lowest BCUT2D eigenvalue weighted by Gasteiger charge is -2.12. The van der Waals surface area contributed by atoms with E-state index in [1.165, 1.54) is 0 Å². The molecule has 1 aromatic rings. The lowest BCUT2D eigenvalue weighted by molar-refractivity contribution is 0.703. The highest BCUT2D eigenvalue weighted by Crippen LogP contribution is 2.36. The van der Waals surface area contributed by atoms with Crippen molar-refractivity contribution in [1.82, 2.24) is 0 Å². The number of aryl methyl sites for hydroxylation is 1. The molecule has 0 fully saturated rings. The van der Waals surface area contributed by atoms with E-state index in [0.717, 1.165) is 9.75 Å². The number of halogens is 1. The lowest BCUT2D eigenvalue weighted by atomic mass is 9.94. The van der Waals surface area contributed by atoms with Crippen molar-refractivity contribution in [1.29, 1.82) is 5.26 Å². The molecule has 0 radical (unpaired) electrons. The molecule has 0 aromatic carbocycles. The van der Waals surface area contributed by atoms with Crippen LogP contribution in [-0.2, 0) is 5.41 Å². The highest BCUT2D eigenvalue weighted by Gasteiger charge is 2.24. The zero-order valence-corrected chi connectivity index (χ0v) is 8.88. The summed E-state index contributed by atoms with van der Waals surface area (Å²) in [5.41, 5.74) is -0.462. The van der Waals surface area contributed by atoms with Gasteiger partial charge >= 0.3 is 0 Å². The molecule has 1 aromatic heterocycles. The molecular weight excluding hydrogens is 190 g/mol. The smallest absolute Gasteiger partial charge is 0.0873 e. The van der Waals surface area contributed by atoms with Gasteiger partial charge in [0.15, 0.2) is 0 Å². The van der Waals surface area contributed by atoms with Gasteiger partial charge in [0.2, 0.25) is 0 Å². The van der Waals surface area contributed by atoms with Crippen LogP contribution in [0.25, 0.3) is 0 Å². The first-order chi connectivity index (χ1) is 5.47. The first-order valence-electron chi connectivity index (χ1n) is 3.65. The molecule has 1 rings (SSSR count). The molecule has 0 saturated carbocycles. The highest BCUT2D eigenvalue weighted by atomic mass is 35.5. The van der Waals surface area contributed by atoms with Gasteiger partial charge in [-0.3, -0.25) is 0 Å². The molecule has 12 heavy (non-hydrogen) atoms. The summed E-state index contributed by atoms with van der Waals surface area (Å²) in [5.74, 6) is 0. The van der Waals surface area contributed by atoms with Crippen molar-refractivity contribution in [2.24, 2.45) is 0 Å². The number of nitriles is 1. The first-order valence-corrected chi connectivity index (χ1v) is 4.84. The van der Waals surface area contributed by atoms with E-state index in [-0.39, 0.29) is 0 Å². The van der Waals surface area contributed by atoms with E-state index < -0.39 is 5.41 Å². The zero-order chi connectivity index (χ0) is 9.35. The van der Waals surface area contributed by atoms with Gasteiger partial charge in [0.1, 0.15) is 0 Å². The Morgan fingerprint density at radius 2 is 2.17 bits per heavy atom. The Hall–Kier alpha value is -0.520. The second-order valence-corrected chi connectivity index (χ2v) is 4.93. The van der Waals surface area contributed by atoms with Crippen molar-refractivity contribution < 1.29 is 0 Å². The largest absolute Gasteiger partial charge is 0.197 e. The number of rotatable bonds is 1. The zero-order valence-electron chi connectivity index (χ0n) is 7.31. The van der Waals surface area contributed by atoms with Gasteiger partial charge in [-0.2, -0.15) is 5.26 Å². The molecular formula is C9H10ClNS. The van der Waals surface area contributed by atoms with Gasteiger partial charge in [0, 0.05) is 9.75 Å². The van der Waals surface area contributed by atoms with Gasteiger partial charge in [-0.25, -0.2) is 0 Å². The summed E-state index contributed by atoms with van der Waals surface area (Å²) < 4.78 is 0. The van der Waals surface area contributed by atoms with Crippen LogP contribution in [0.2, 0.25) is 5.02 Å². The van der Waals surface area contributed by atoms with E-state index in [2.05, 4.69) is 6.07 Å². The van der Waals surface area contributed by atoms with E-state index in [1.807, 2.05) is 26.8 Å². The molecule has 0 aliphatic rings. The molecule has 0 saturated heterocycles. The average molecular weight is 200 g/mol. The molecule has 0 aliphatic carbocycles. The Bertz CT molecular complexity index is 333. The van der Waals surface area contributed by atoms with Crippen LogP contribution in [0.1, 0.15) is 23.6 Å². The van der Waals surface area contributed by atoms with Crippen molar-refractivity contribution in [3.05, 3.63) is 20.8 Å². The van der Waals surface area contributed by atoms with Gasteiger partial charge in [-0.1, -0.05) is 11.6 Å². The summed E-state index contributed by atoms with van der Waals surface area (Å²) in [5, 5.41) is 9.59. The normalized spacial score (nSPS) is 11.2. The van der Waals surface area contributed by atoms with Crippen molar-refractivity contribution in [3.63, 3.8) is 0 Å². The maximum absolute atomic E-state index is 8.88. The van der Waals surface area contributed by atoms with Crippen LogP contribution >= 0.6 is 22.9 Å². The number of thiophene rings is 1. The predicted molar refractivity (Wildman–Crippen MR) is 52.7 cm³/mol. The molecule has 64 valence electrons. The Balaban J connectivity index is 3.21. The van der Waals surface area contributed by atoms with Crippen molar-refractivity contribution >= 4 is 22.9 Å². The summed E-state index contributed by atoms with van der Waals surface area (Å²) in [6.07, 6.45) is 0. The van der Waals surface area contributed by atoms with Gasteiger partial charge in [0.05, 0.1) is 16.5 Å². The van der Waals surface area contributed by atoms with E-state index in [0.29, 0.717) is 5.02 Å². The standard InChI is InChI=1S/C9H10ClNS/c1-6-4-7(10)8(12-6)9(2,3)5-11/h4H,1-3H3. The number of hydrogen-bond donors (Lipinski definition) is 0. The highest BCUT2D eigenvalue weighted by molar-refractivity contribution is 7.12. The Morgan fingerprint density at radius 1 is 1.58 bits per heavy atom. The topological polar surface area (TPSA) is 23.8 Å². The monoisotopic (exact) mass is 199 g/mol. The molecule has 0 amide bonds. The fourth-order valence-electron chi connectivity index (χ4n) is 0.960. The van der Waals surface area contributed by atoms with E-state index >= 15 is 0 Å². The third-order valence-electron chi connectivity index (χ3n) is 1.66. The molecule has 0 bridgehead atoms. The fraction of sp³-hybridized carbons (Fsp3) is 0.444. The summed E-state index contributed by atoms with van der Waals surface area (Å²) in [4.78, 5) is 2.11. The van der Waals surface area contributed by atoms with Crippen LogP contribution in [0.3, 0.4) is 0 Å². The SMILES string of the molecule is Cc1cc(Cl)c(C(C)(C)C#N)s1. The minimum atomic E-state index is -0.462. The molecule has 1 heterocycles. The number of hydrogen-bond acceptors (Lipinski definition) is 2. The summed E-state index contributed by atoms with van der Waals surface area (Å²) in [6.45, 7) is 5.75. The van der Waals surface area contributed by atoms with E-state index in [1.54, 1.807) is 11.3 Å². The van der Waals surface area contributed by atoms with Crippen LogP contribution in [0.15, 0.2) is 6.07 Å². The third kappa shape index (κ3) is 1.63. The quantitative estimate of drug-likeness (QED) is 0.679. The Labute approximate surface area is 81.6 Å². The molecule has 0 unspecified atom stereocenters. The Morgan fingerprint density at radius 3 is 2.50 bits per heavy atom. The van der Waals surface area contributed by atoms with Gasteiger partial charge in [-0.15, -0.1) is 11.3 Å². The second kappa shape index (κ2) is 3.08. The number of nitrogens with zero attached hydrogens (tertiary/aromatic N) is 1. The maximum Gasteiger partial charge on any atom is 0.0873 e. The maximum atomic E-state index is 8.88. The van der Waals surface area contributed by atoms with Crippen molar-refractivity contribution in [3.8, 4) is 6.07 Å². The third-order valence-corrected chi connectivity index (χ3v) is 3.44. The summed E-state index contributed by atoms with van der Waals surface area (Å²) in [7, 11) is 0. The summed E-state index contributed by atoms with van der Waals surface area (Å²) in [6, 6.07) is 4.14. The van der Waals surface area contributed by atoms with E-state index in [4.69, 9.17) is 16.9 Å². The van der Waals surface area contributed by atoms with Crippen LogP contribution in [0, 0.1) is 18.3 Å². The predicted octanol–water partition coefficient (Wildman–Crippen LogP) is 3.51. The van der Waals surface area contributed by atoms with Gasteiger partial charge < -0.3 is 0 Å². The van der Waals surface area contributed by atoms with Gasteiger partial charge in [-0.05, 0) is 26.8 Å². The molecule has 0 N–H and O–H groups in total. The van der Waals surface area contributed by atoms with Crippen LogP contribution in [0.4, 0.5) is 0 Å². The minimum Gasteiger partial charge on any atom is -0.197 e. The molecule has 0 atom stereocenters.